The Labute approximate surface area is 161 Å². The zero-order valence-electron chi connectivity index (χ0n) is 15.5. The van der Waals surface area contributed by atoms with Gasteiger partial charge in [-0.1, -0.05) is 36.7 Å². The average molecular weight is 389 g/mol. The van der Waals surface area contributed by atoms with Gasteiger partial charge in [0.1, 0.15) is 23.3 Å². The van der Waals surface area contributed by atoms with Crippen molar-refractivity contribution in [3.63, 3.8) is 0 Å². The Kier molecular flexibility index (Phi) is 7.62. The number of rotatable bonds is 7. The molecule has 0 aliphatic heterocycles. The minimum Gasteiger partial charge on any atom is -0.393 e. The zero-order valence-corrected chi connectivity index (χ0v) is 15.5. The summed E-state index contributed by atoms with van der Waals surface area (Å²) in [5.41, 5.74) is 0.317. The van der Waals surface area contributed by atoms with Crippen molar-refractivity contribution in [1.29, 1.82) is 0 Å². The molecule has 0 aliphatic rings. The maximum absolute atomic E-state index is 13.6. The number of hydrogen-bond acceptors (Lipinski definition) is 4. The van der Waals surface area contributed by atoms with E-state index in [1.54, 1.807) is 30.5 Å². The summed E-state index contributed by atoms with van der Waals surface area (Å²) in [6.07, 6.45) is 3.49. The first-order chi connectivity index (χ1) is 13.4. The number of oxime groups is 1. The summed E-state index contributed by atoms with van der Waals surface area (Å²) in [6, 6.07) is 8.63. The second-order valence-electron chi connectivity index (χ2n) is 6.07. The van der Waals surface area contributed by atoms with Crippen LogP contribution < -0.4 is 10.6 Å². The number of carbonyl (C=O) groups is 2. The third-order valence-corrected chi connectivity index (χ3v) is 3.72. The number of benzene rings is 2. The smallest absolute Gasteiger partial charge is 0.326 e. The van der Waals surface area contributed by atoms with Crippen molar-refractivity contribution in [3.8, 4) is 0 Å². The monoisotopic (exact) mass is 389 g/mol. The molecule has 2 rings (SSSR count). The Bertz CT molecular complexity index is 834. The lowest BCUT2D eigenvalue weighted by Crippen LogP contribution is -2.35. The Morgan fingerprint density at radius 2 is 1.79 bits per heavy atom. The van der Waals surface area contributed by atoms with Crippen LogP contribution >= 0.6 is 0 Å². The van der Waals surface area contributed by atoms with Gasteiger partial charge in [-0.05, 0) is 43.2 Å². The van der Waals surface area contributed by atoms with Crippen LogP contribution in [0.4, 0.5) is 19.3 Å². The van der Waals surface area contributed by atoms with Gasteiger partial charge in [-0.25, -0.2) is 13.6 Å². The van der Waals surface area contributed by atoms with Crippen molar-refractivity contribution < 1.29 is 23.2 Å². The molecule has 6 nitrogen and oxygen atoms in total. The summed E-state index contributed by atoms with van der Waals surface area (Å²) in [5.74, 6) is -3.27. The lowest BCUT2D eigenvalue weighted by Gasteiger charge is -2.08. The molecule has 0 bridgehead atoms. The molecule has 0 aromatic heterocycles. The highest BCUT2D eigenvalue weighted by Crippen LogP contribution is 2.12. The number of amides is 3. The molecule has 0 spiro atoms. The molecule has 0 aliphatic carbocycles. The Morgan fingerprint density at radius 1 is 1.14 bits per heavy atom. The number of urea groups is 1. The van der Waals surface area contributed by atoms with Crippen molar-refractivity contribution in [1.82, 2.24) is 5.32 Å². The fourth-order valence-corrected chi connectivity index (χ4v) is 2.35. The number of imide groups is 1. The van der Waals surface area contributed by atoms with Crippen LogP contribution in [0, 0.1) is 11.6 Å². The largest absolute Gasteiger partial charge is 0.393 e. The maximum Gasteiger partial charge on any atom is 0.326 e. The summed E-state index contributed by atoms with van der Waals surface area (Å²) in [7, 11) is 0. The fourth-order valence-electron chi connectivity index (χ4n) is 2.35. The number of nitrogens with one attached hydrogen (secondary N) is 2. The van der Waals surface area contributed by atoms with Gasteiger partial charge in [0.25, 0.3) is 5.91 Å². The maximum atomic E-state index is 13.6. The molecule has 148 valence electrons. The van der Waals surface area contributed by atoms with Gasteiger partial charge in [0.2, 0.25) is 0 Å². The van der Waals surface area contributed by atoms with E-state index in [2.05, 4.69) is 17.4 Å². The van der Waals surface area contributed by atoms with E-state index < -0.39 is 29.1 Å². The molecule has 2 aromatic rings. The lowest BCUT2D eigenvalue weighted by atomic mass is 10.2. The van der Waals surface area contributed by atoms with Crippen molar-refractivity contribution in [2.45, 2.75) is 32.8 Å². The van der Waals surface area contributed by atoms with Crippen LogP contribution in [0.5, 0.6) is 0 Å². The van der Waals surface area contributed by atoms with E-state index in [9.17, 15) is 18.4 Å². The summed E-state index contributed by atoms with van der Waals surface area (Å²) in [4.78, 5) is 29.0. The fraction of sp³-hybridized carbons (Fsp3) is 0.250. The average Bonchev–Trinajstić information content (AvgIpc) is 2.63. The van der Waals surface area contributed by atoms with Gasteiger partial charge in [0, 0.05) is 5.69 Å². The van der Waals surface area contributed by atoms with Gasteiger partial charge in [0.05, 0.1) is 6.21 Å². The topological polar surface area (TPSA) is 79.8 Å². The number of carbonyl (C=O) groups excluding carboxylic acids is 2. The van der Waals surface area contributed by atoms with Crippen LogP contribution in [-0.2, 0) is 4.84 Å². The molecular formula is C20H21F2N3O3. The number of nitrogens with zero attached hydrogens (tertiary/aromatic N) is 1. The van der Waals surface area contributed by atoms with Crippen LogP contribution in [-0.4, -0.2) is 24.3 Å². The van der Waals surface area contributed by atoms with Gasteiger partial charge in [0.15, 0.2) is 0 Å². The van der Waals surface area contributed by atoms with Crippen LogP contribution in [0.1, 0.15) is 42.6 Å². The highest BCUT2D eigenvalue weighted by Gasteiger charge is 2.19. The van der Waals surface area contributed by atoms with E-state index in [-0.39, 0.29) is 6.10 Å². The predicted octanol–water partition coefficient (Wildman–Crippen LogP) is 4.47. The number of hydrogen-bond donors (Lipinski definition) is 2. The van der Waals surface area contributed by atoms with Crippen molar-refractivity contribution in [2.75, 3.05) is 5.32 Å². The minimum absolute atomic E-state index is 0.0303. The van der Waals surface area contributed by atoms with E-state index in [1.165, 1.54) is 0 Å². The Hall–Kier alpha value is -3.29. The highest BCUT2D eigenvalue weighted by atomic mass is 19.1. The van der Waals surface area contributed by atoms with E-state index in [0.717, 1.165) is 36.6 Å². The standard InChI is InChI=1S/C20H21F2N3O3/c1-3-5-13(2)28-23-12-14-8-10-15(11-9-14)24-20(27)25-19(26)18-16(21)6-4-7-17(18)22/h4,6-13H,3,5H2,1-2H3,(H2,24,25,26,27)/b23-12+. The van der Waals surface area contributed by atoms with Gasteiger partial charge < -0.3 is 10.2 Å². The van der Waals surface area contributed by atoms with Crippen LogP contribution in [0.3, 0.4) is 0 Å². The molecule has 2 aromatic carbocycles. The summed E-state index contributed by atoms with van der Waals surface area (Å²) in [5, 5.41) is 8.19. The van der Waals surface area contributed by atoms with Crippen LogP contribution in [0.25, 0.3) is 0 Å². The SMILES string of the molecule is CCCC(C)O/N=C/c1ccc(NC(=O)NC(=O)c2c(F)cccc2F)cc1. The lowest BCUT2D eigenvalue weighted by molar-refractivity contribution is 0.0671. The van der Waals surface area contributed by atoms with Crippen molar-refractivity contribution in [3.05, 3.63) is 65.2 Å². The number of halogens is 2. The predicted molar refractivity (Wildman–Crippen MR) is 102 cm³/mol. The second-order valence-corrected chi connectivity index (χ2v) is 6.07. The first-order valence-electron chi connectivity index (χ1n) is 8.76. The van der Waals surface area contributed by atoms with Crippen LogP contribution in [0.15, 0.2) is 47.6 Å². The van der Waals surface area contributed by atoms with E-state index >= 15 is 0 Å². The quantitative estimate of drug-likeness (QED) is 0.542. The van der Waals surface area contributed by atoms with Crippen molar-refractivity contribution >= 4 is 23.8 Å². The molecule has 0 saturated carbocycles. The zero-order chi connectivity index (χ0) is 20.5. The molecule has 28 heavy (non-hydrogen) atoms. The normalized spacial score (nSPS) is 11.9. The molecule has 0 radical (unpaired) electrons. The highest BCUT2D eigenvalue weighted by molar-refractivity contribution is 6.08. The Balaban J connectivity index is 1.90. The molecule has 2 N–H and O–H groups in total. The van der Waals surface area contributed by atoms with Crippen molar-refractivity contribution in [2.24, 2.45) is 5.16 Å². The summed E-state index contributed by atoms with van der Waals surface area (Å²) in [6.45, 7) is 3.99. The van der Waals surface area contributed by atoms with Crippen LogP contribution in [0.2, 0.25) is 0 Å². The Morgan fingerprint density at radius 3 is 2.39 bits per heavy atom. The van der Waals surface area contributed by atoms with Gasteiger partial charge >= 0.3 is 6.03 Å². The molecule has 0 fully saturated rings. The molecule has 3 amide bonds. The third kappa shape index (κ3) is 6.15. The van der Waals surface area contributed by atoms with Gasteiger partial charge in [-0.15, -0.1) is 0 Å². The molecule has 1 unspecified atom stereocenters. The first kappa shape index (κ1) is 21.0. The molecule has 1 atom stereocenters. The molecule has 0 saturated heterocycles. The summed E-state index contributed by atoms with van der Waals surface area (Å²) < 4.78 is 27.1. The summed E-state index contributed by atoms with van der Waals surface area (Å²) >= 11 is 0. The van der Waals surface area contributed by atoms with E-state index in [1.807, 2.05) is 12.2 Å². The van der Waals surface area contributed by atoms with Gasteiger partial charge in [-0.3, -0.25) is 10.1 Å². The minimum atomic E-state index is -1.17. The number of anilines is 1. The molecule has 0 heterocycles. The van der Waals surface area contributed by atoms with E-state index in [4.69, 9.17) is 4.84 Å². The first-order valence-corrected chi connectivity index (χ1v) is 8.76. The molecular weight excluding hydrogens is 368 g/mol. The van der Waals surface area contributed by atoms with Gasteiger partial charge in [-0.2, -0.15) is 0 Å². The second kappa shape index (κ2) is 10.1. The third-order valence-electron chi connectivity index (χ3n) is 3.72. The van der Waals surface area contributed by atoms with E-state index in [0.29, 0.717) is 5.69 Å². The molecule has 8 heteroatoms.